The van der Waals surface area contributed by atoms with Crippen LogP contribution in [0.15, 0.2) is 59.5 Å². The molecule has 1 N–H and O–H groups in total. The third-order valence-corrected chi connectivity index (χ3v) is 4.35. The number of piperazine rings is 1. The zero-order valence-electron chi connectivity index (χ0n) is 14.5. The van der Waals surface area contributed by atoms with E-state index >= 15 is 0 Å². The fourth-order valence-corrected chi connectivity index (χ4v) is 2.92. The molecule has 1 aromatic heterocycles. The largest absolute Gasteiger partial charge is 0.339 e. The summed E-state index contributed by atoms with van der Waals surface area (Å²) in [4.78, 5) is 39.9. The summed E-state index contributed by atoms with van der Waals surface area (Å²) >= 11 is 0. The van der Waals surface area contributed by atoms with Gasteiger partial charge in [-0.2, -0.15) is 0 Å². The van der Waals surface area contributed by atoms with Crippen molar-refractivity contribution in [3.05, 3.63) is 65.1 Å². The van der Waals surface area contributed by atoms with E-state index in [1.54, 1.807) is 23.2 Å². The van der Waals surface area contributed by atoms with E-state index in [4.69, 9.17) is 0 Å². The summed E-state index contributed by atoms with van der Waals surface area (Å²) in [5.41, 5.74) is 0.594. The van der Waals surface area contributed by atoms with Crippen LogP contribution >= 0.6 is 0 Å². The van der Waals surface area contributed by atoms with Crippen molar-refractivity contribution >= 4 is 17.5 Å². The average Bonchev–Trinajstić information content (AvgIpc) is 2.65. The number of nitrogens with zero attached hydrogens (tertiary/aromatic N) is 3. The van der Waals surface area contributed by atoms with Crippen molar-refractivity contribution < 1.29 is 9.59 Å². The van der Waals surface area contributed by atoms with Gasteiger partial charge in [0.15, 0.2) is 0 Å². The van der Waals surface area contributed by atoms with Crippen molar-refractivity contribution in [2.24, 2.45) is 0 Å². The van der Waals surface area contributed by atoms with E-state index in [0.29, 0.717) is 32.7 Å². The van der Waals surface area contributed by atoms with E-state index < -0.39 is 0 Å². The Labute approximate surface area is 151 Å². The average molecular weight is 354 g/mol. The summed E-state index contributed by atoms with van der Waals surface area (Å²) in [7, 11) is 0. The molecule has 7 nitrogen and oxygen atoms in total. The second-order valence-electron chi connectivity index (χ2n) is 6.24. The highest BCUT2D eigenvalue weighted by Gasteiger charge is 2.22. The quantitative estimate of drug-likeness (QED) is 0.855. The first-order valence-corrected chi connectivity index (χ1v) is 8.62. The molecule has 1 aromatic carbocycles. The van der Waals surface area contributed by atoms with Gasteiger partial charge in [-0.15, -0.1) is 0 Å². The zero-order valence-corrected chi connectivity index (χ0v) is 14.5. The van der Waals surface area contributed by atoms with Crippen LogP contribution in [0.1, 0.15) is 0 Å². The normalized spacial score (nSPS) is 14.8. The molecule has 2 aromatic rings. The van der Waals surface area contributed by atoms with Crippen LogP contribution in [0.5, 0.6) is 0 Å². The first-order chi connectivity index (χ1) is 12.6. The van der Waals surface area contributed by atoms with Crippen LogP contribution in [0.4, 0.5) is 5.69 Å². The van der Waals surface area contributed by atoms with Gasteiger partial charge in [-0.05, 0) is 18.2 Å². The summed E-state index contributed by atoms with van der Waals surface area (Å²) in [5, 5.41) is 2.86. The molecule has 0 atom stereocenters. The second kappa shape index (κ2) is 8.44. The van der Waals surface area contributed by atoms with Crippen LogP contribution in [0, 0.1) is 0 Å². The highest BCUT2D eigenvalue weighted by molar-refractivity contribution is 5.92. The molecule has 0 spiro atoms. The van der Waals surface area contributed by atoms with Crippen molar-refractivity contribution in [2.75, 3.05) is 38.0 Å². The Kier molecular flexibility index (Phi) is 5.80. The Morgan fingerprint density at radius 2 is 1.58 bits per heavy atom. The van der Waals surface area contributed by atoms with Crippen LogP contribution in [0.3, 0.4) is 0 Å². The molecule has 2 amide bonds. The number of anilines is 1. The number of hydrogen-bond acceptors (Lipinski definition) is 4. The fourth-order valence-electron chi connectivity index (χ4n) is 2.92. The number of nitrogens with one attached hydrogen (secondary N) is 1. The van der Waals surface area contributed by atoms with Crippen molar-refractivity contribution in [1.29, 1.82) is 0 Å². The van der Waals surface area contributed by atoms with Gasteiger partial charge in [-0.1, -0.05) is 24.3 Å². The number of amides is 2. The van der Waals surface area contributed by atoms with Gasteiger partial charge >= 0.3 is 0 Å². The first-order valence-electron chi connectivity index (χ1n) is 8.62. The van der Waals surface area contributed by atoms with Gasteiger partial charge in [0.1, 0.15) is 6.54 Å². The summed E-state index contributed by atoms with van der Waals surface area (Å²) in [6, 6.07) is 14.2. The smallest absolute Gasteiger partial charge is 0.250 e. The highest BCUT2D eigenvalue weighted by Crippen LogP contribution is 2.07. The molecular weight excluding hydrogens is 332 g/mol. The van der Waals surface area contributed by atoms with E-state index in [2.05, 4.69) is 5.32 Å². The van der Waals surface area contributed by atoms with Crippen LogP contribution in [0.25, 0.3) is 0 Å². The van der Waals surface area contributed by atoms with Crippen LogP contribution < -0.4 is 10.9 Å². The number of rotatable bonds is 5. The fraction of sp³-hybridized carbons (Fsp3) is 0.316. The maximum atomic E-state index is 12.4. The number of pyridine rings is 1. The third kappa shape index (κ3) is 4.80. The number of hydrogen-bond donors (Lipinski definition) is 1. The van der Waals surface area contributed by atoms with E-state index in [-0.39, 0.29) is 23.9 Å². The number of benzene rings is 1. The standard InChI is InChI=1S/C19H22N4O3/c24-17(20-16-6-2-1-3-7-16)14-21-10-12-22(13-11-21)19(26)15-23-9-5-4-8-18(23)25/h1-9H,10-15H2,(H,20,24). The monoisotopic (exact) mass is 354 g/mol. The van der Waals surface area contributed by atoms with Crippen molar-refractivity contribution in [2.45, 2.75) is 6.54 Å². The van der Waals surface area contributed by atoms with Crippen molar-refractivity contribution in [3.63, 3.8) is 0 Å². The van der Waals surface area contributed by atoms with Crippen molar-refractivity contribution in [3.8, 4) is 0 Å². The van der Waals surface area contributed by atoms with Crippen LogP contribution in [-0.4, -0.2) is 58.9 Å². The Morgan fingerprint density at radius 3 is 2.27 bits per heavy atom. The number of carbonyl (C=O) groups excluding carboxylic acids is 2. The summed E-state index contributed by atoms with van der Waals surface area (Å²) in [5.74, 6) is -0.140. The van der Waals surface area contributed by atoms with Gasteiger partial charge in [-0.25, -0.2) is 0 Å². The van der Waals surface area contributed by atoms with E-state index in [9.17, 15) is 14.4 Å². The molecule has 3 rings (SSSR count). The Bertz CT molecular complexity index is 811. The van der Waals surface area contributed by atoms with Gasteiger partial charge in [-0.3, -0.25) is 19.3 Å². The number of carbonyl (C=O) groups is 2. The Balaban J connectivity index is 1.45. The minimum absolute atomic E-state index is 0.0498. The SMILES string of the molecule is O=C(CN1CCN(C(=O)Cn2ccccc2=O)CC1)Nc1ccccc1. The van der Waals surface area contributed by atoms with Crippen LogP contribution in [0.2, 0.25) is 0 Å². The maximum absolute atomic E-state index is 12.4. The summed E-state index contributed by atoms with van der Waals surface area (Å²) < 4.78 is 1.40. The molecule has 1 fully saturated rings. The molecule has 1 aliphatic heterocycles. The molecule has 7 heteroatoms. The molecule has 136 valence electrons. The number of aromatic nitrogens is 1. The predicted octanol–water partition coefficient (Wildman–Crippen LogP) is 0.631. The lowest BCUT2D eigenvalue weighted by Crippen LogP contribution is -2.51. The summed E-state index contributed by atoms with van der Waals surface area (Å²) in [6.07, 6.45) is 1.62. The first kappa shape index (κ1) is 17.9. The topological polar surface area (TPSA) is 74.7 Å². The van der Waals surface area contributed by atoms with Gasteiger partial charge in [0.2, 0.25) is 11.8 Å². The molecule has 0 saturated carbocycles. The Morgan fingerprint density at radius 1 is 0.885 bits per heavy atom. The minimum atomic E-state index is -0.183. The number of para-hydroxylation sites is 1. The maximum Gasteiger partial charge on any atom is 0.250 e. The molecular formula is C19H22N4O3. The molecule has 26 heavy (non-hydrogen) atoms. The second-order valence-corrected chi connectivity index (χ2v) is 6.24. The molecule has 1 saturated heterocycles. The highest BCUT2D eigenvalue weighted by atomic mass is 16.2. The molecule has 2 heterocycles. The van der Waals surface area contributed by atoms with Crippen LogP contribution in [-0.2, 0) is 16.1 Å². The van der Waals surface area contributed by atoms with E-state index in [0.717, 1.165) is 5.69 Å². The van der Waals surface area contributed by atoms with Crippen molar-refractivity contribution in [1.82, 2.24) is 14.4 Å². The van der Waals surface area contributed by atoms with Gasteiger partial charge in [0.25, 0.3) is 5.56 Å². The minimum Gasteiger partial charge on any atom is -0.339 e. The summed E-state index contributed by atoms with van der Waals surface area (Å²) in [6.45, 7) is 2.73. The molecule has 0 bridgehead atoms. The van der Waals surface area contributed by atoms with E-state index in [1.165, 1.54) is 10.6 Å². The molecule has 0 aliphatic carbocycles. The van der Waals surface area contributed by atoms with Gasteiger partial charge < -0.3 is 14.8 Å². The molecule has 0 unspecified atom stereocenters. The van der Waals surface area contributed by atoms with Gasteiger partial charge in [0.05, 0.1) is 6.54 Å². The lowest BCUT2D eigenvalue weighted by Gasteiger charge is -2.34. The third-order valence-electron chi connectivity index (χ3n) is 4.35. The van der Waals surface area contributed by atoms with E-state index in [1.807, 2.05) is 35.2 Å². The predicted molar refractivity (Wildman–Crippen MR) is 98.8 cm³/mol. The Hall–Kier alpha value is -2.93. The molecule has 0 radical (unpaired) electrons. The lowest BCUT2D eigenvalue weighted by atomic mass is 10.3. The molecule has 1 aliphatic rings. The van der Waals surface area contributed by atoms with Gasteiger partial charge in [0, 0.05) is 44.1 Å². The zero-order chi connectivity index (χ0) is 18.4. The lowest BCUT2D eigenvalue weighted by molar-refractivity contribution is -0.133.